The van der Waals surface area contributed by atoms with Crippen LogP contribution >= 0.6 is 0 Å². The van der Waals surface area contributed by atoms with Gasteiger partial charge in [0.1, 0.15) is 29.7 Å². The fraction of sp³-hybridized carbons (Fsp3) is 0.240. The minimum absolute atomic E-state index is 0.145. The number of carbonyl (C=O) groups excluding carboxylic acids is 1. The van der Waals surface area contributed by atoms with Crippen molar-refractivity contribution in [3.8, 4) is 11.6 Å². The molecule has 12 heteroatoms. The van der Waals surface area contributed by atoms with Crippen LogP contribution < -0.4 is 20.7 Å². The highest BCUT2D eigenvalue weighted by atomic mass is 32.2. The van der Waals surface area contributed by atoms with E-state index in [0.717, 1.165) is 0 Å². The van der Waals surface area contributed by atoms with Gasteiger partial charge in [-0.05, 0) is 36.8 Å². The number of aromatic nitrogens is 2. The minimum atomic E-state index is -3.59. The molecule has 1 atom stereocenters. The van der Waals surface area contributed by atoms with Crippen LogP contribution in [0.5, 0.6) is 11.6 Å². The fourth-order valence-corrected chi connectivity index (χ4v) is 4.70. The lowest BCUT2D eigenvalue weighted by Gasteiger charge is -2.15. The van der Waals surface area contributed by atoms with E-state index in [1.807, 2.05) is 6.92 Å². The van der Waals surface area contributed by atoms with E-state index >= 15 is 0 Å². The molecule has 0 fully saturated rings. The van der Waals surface area contributed by atoms with E-state index < -0.39 is 9.84 Å². The van der Waals surface area contributed by atoms with Crippen molar-refractivity contribution in [3.05, 3.63) is 66.6 Å². The number of nitrogens with zero attached hydrogens (tertiary/aromatic N) is 2. The van der Waals surface area contributed by atoms with E-state index in [2.05, 4.69) is 25.9 Å². The molecule has 1 unspecified atom stereocenters. The topological polar surface area (TPSA) is 145 Å². The predicted molar refractivity (Wildman–Crippen MR) is 138 cm³/mol. The zero-order chi connectivity index (χ0) is 26.4. The molecule has 3 N–H and O–H groups in total. The Hall–Kier alpha value is -4.00. The van der Waals surface area contributed by atoms with Crippen molar-refractivity contribution < 1.29 is 27.1 Å². The summed E-state index contributed by atoms with van der Waals surface area (Å²) in [6, 6.07) is 13.1. The Morgan fingerprint density at radius 2 is 2.00 bits per heavy atom. The first-order valence-corrected chi connectivity index (χ1v) is 13.1. The van der Waals surface area contributed by atoms with Crippen LogP contribution in [0.15, 0.2) is 70.3 Å². The van der Waals surface area contributed by atoms with Crippen LogP contribution in [0.4, 0.5) is 11.6 Å². The van der Waals surface area contributed by atoms with Gasteiger partial charge in [-0.15, -0.1) is 0 Å². The van der Waals surface area contributed by atoms with Crippen molar-refractivity contribution in [2.24, 2.45) is 0 Å². The molecule has 4 rings (SSSR count). The molecule has 0 aliphatic rings. The monoisotopic (exact) mass is 525 g/mol. The molecule has 194 valence electrons. The number of carbonyl (C=O) groups is 1. The number of fused-ring (bicyclic) bond motifs is 1. The van der Waals surface area contributed by atoms with Gasteiger partial charge in [0.2, 0.25) is 11.8 Å². The van der Waals surface area contributed by atoms with E-state index in [-0.39, 0.29) is 34.7 Å². The van der Waals surface area contributed by atoms with Crippen LogP contribution in [-0.2, 0) is 14.6 Å². The molecule has 0 radical (unpaired) electrons. The van der Waals surface area contributed by atoms with Crippen molar-refractivity contribution >= 4 is 38.3 Å². The third kappa shape index (κ3) is 6.23. The molecule has 4 aromatic rings. The van der Waals surface area contributed by atoms with E-state index in [0.29, 0.717) is 34.4 Å². The van der Waals surface area contributed by atoms with Gasteiger partial charge in [-0.3, -0.25) is 10.1 Å². The van der Waals surface area contributed by atoms with Crippen molar-refractivity contribution in [1.29, 1.82) is 0 Å². The number of benzene rings is 2. The standard InChI is InChI=1S/C25H27N5O6S/c1-4-22(34-3)28-15-37(32,33)18-7-5-6-16(12-18)29-25-27-11-10-23(30-25)36-17-8-9-19-20(24(31)26-2)14-35-21(19)13-17/h5-14,22,28H,4,15H2,1-3H3,(H,26,31)(H,27,29,30). The highest BCUT2D eigenvalue weighted by Gasteiger charge is 2.17. The number of furan rings is 1. The Bertz CT molecular complexity index is 1500. The third-order valence-corrected chi connectivity index (χ3v) is 7.00. The molecule has 0 spiro atoms. The maximum absolute atomic E-state index is 12.8. The molecule has 0 aliphatic heterocycles. The molecule has 2 aromatic heterocycles. The highest BCUT2D eigenvalue weighted by Crippen LogP contribution is 2.28. The number of rotatable bonds is 11. The molecule has 0 saturated heterocycles. The number of sulfone groups is 1. The Morgan fingerprint density at radius 3 is 2.76 bits per heavy atom. The summed E-state index contributed by atoms with van der Waals surface area (Å²) in [6.07, 6.45) is 3.19. The van der Waals surface area contributed by atoms with Gasteiger partial charge in [-0.2, -0.15) is 4.98 Å². The lowest BCUT2D eigenvalue weighted by Crippen LogP contribution is -2.34. The zero-order valence-corrected chi connectivity index (χ0v) is 21.3. The third-order valence-electron chi connectivity index (χ3n) is 5.48. The van der Waals surface area contributed by atoms with Crippen molar-refractivity contribution in [2.45, 2.75) is 24.5 Å². The average molecular weight is 526 g/mol. The van der Waals surface area contributed by atoms with E-state index in [1.54, 1.807) is 43.4 Å². The summed E-state index contributed by atoms with van der Waals surface area (Å²) < 4.78 is 42.0. The second-order valence-corrected chi connectivity index (χ2v) is 9.95. The summed E-state index contributed by atoms with van der Waals surface area (Å²) in [7, 11) is -0.519. The van der Waals surface area contributed by atoms with Crippen LogP contribution in [-0.4, -0.2) is 50.6 Å². The van der Waals surface area contributed by atoms with Crippen LogP contribution in [0.2, 0.25) is 0 Å². The van der Waals surface area contributed by atoms with Gasteiger partial charge in [0.15, 0.2) is 9.84 Å². The molecule has 2 heterocycles. The number of hydrogen-bond donors (Lipinski definition) is 3. The Morgan fingerprint density at radius 1 is 1.16 bits per heavy atom. The number of methoxy groups -OCH3 is 1. The molecule has 1 amide bonds. The number of ether oxygens (including phenoxy) is 2. The summed E-state index contributed by atoms with van der Waals surface area (Å²) in [5.41, 5.74) is 1.42. The molecule has 2 aromatic carbocycles. The summed E-state index contributed by atoms with van der Waals surface area (Å²) in [6.45, 7) is 1.90. The Balaban J connectivity index is 1.47. The van der Waals surface area contributed by atoms with Gasteiger partial charge in [0.25, 0.3) is 5.91 Å². The molecule has 0 saturated carbocycles. The lowest BCUT2D eigenvalue weighted by molar-refractivity contribution is 0.0757. The molecular weight excluding hydrogens is 498 g/mol. The quantitative estimate of drug-likeness (QED) is 0.247. The van der Waals surface area contributed by atoms with Gasteiger partial charge in [0, 0.05) is 43.6 Å². The summed E-state index contributed by atoms with van der Waals surface area (Å²) >= 11 is 0. The second kappa shape index (κ2) is 11.4. The van der Waals surface area contributed by atoms with Gasteiger partial charge in [-0.1, -0.05) is 13.0 Å². The first-order chi connectivity index (χ1) is 17.8. The van der Waals surface area contributed by atoms with Gasteiger partial charge in [-0.25, -0.2) is 13.4 Å². The predicted octanol–water partition coefficient (Wildman–Crippen LogP) is 3.82. The number of amides is 1. The van der Waals surface area contributed by atoms with E-state index in [9.17, 15) is 13.2 Å². The summed E-state index contributed by atoms with van der Waals surface area (Å²) in [5, 5.41) is 9.12. The normalized spacial score (nSPS) is 12.3. The van der Waals surface area contributed by atoms with Crippen LogP contribution in [0.25, 0.3) is 11.0 Å². The highest BCUT2D eigenvalue weighted by molar-refractivity contribution is 7.91. The Labute approximate surface area is 214 Å². The van der Waals surface area contributed by atoms with Gasteiger partial charge in [0.05, 0.1) is 10.5 Å². The van der Waals surface area contributed by atoms with Crippen LogP contribution in [0, 0.1) is 0 Å². The Kier molecular flexibility index (Phi) is 8.01. The molecule has 37 heavy (non-hydrogen) atoms. The van der Waals surface area contributed by atoms with Crippen LogP contribution in [0.1, 0.15) is 23.7 Å². The number of nitrogens with one attached hydrogen (secondary N) is 3. The van der Waals surface area contributed by atoms with Crippen molar-refractivity contribution in [3.63, 3.8) is 0 Å². The SMILES string of the molecule is CCC(NCS(=O)(=O)c1cccc(Nc2nccc(Oc3ccc4c(C(=O)NC)coc4c3)n2)c1)OC. The van der Waals surface area contributed by atoms with Gasteiger partial charge >= 0.3 is 0 Å². The van der Waals surface area contributed by atoms with Crippen molar-refractivity contribution in [2.75, 3.05) is 25.4 Å². The number of hydrogen-bond acceptors (Lipinski definition) is 10. The summed E-state index contributed by atoms with van der Waals surface area (Å²) in [4.78, 5) is 20.6. The lowest BCUT2D eigenvalue weighted by atomic mass is 10.1. The maximum atomic E-state index is 12.8. The minimum Gasteiger partial charge on any atom is -0.463 e. The fourth-order valence-electron chi connectivity index (χ4n) is 3.54. The zero-order valence-electron chi connectivity index (χ0n) is 20.5. The first-order valence-electron chi connectivity index (χ1n) is 11.4. The van der Waals surface area contributed by atoms with E-state index in [1.165, 1.54) is 31.7 Å². The van der Waals surface area contributed by atoms with E-state index in [4.69, 9.17) is 13.9 Å². The molecule has 11 nitrogen and oxygen atoms in total. The smallest absolute Gasteiger partial charge is 0.254 e. The summed E-state index contributed by atoms with van der Waals surface area (Å²) in [5.74, 6) is 0.432. The molecule has 0 bridgehead atoms. The maximum Gasteiger partial charge on any atom is 0.254 e. The first kappa shape index (κ1) is 26.1. The van der Waals surface area contributed by atoms with Crippen LogP contribution in [0.3, 0.4) is 0 Å². The largest absolute Gasteiger partial charge is 0.463 e. The van der Waals surface area contributed by atoms with Gasteiger partial charge < -0.3 is 24.5 Å². The number of anilines is 2. The van der Waals surface area contributed by atoms with Crippen molar-refractivity contribution in [1.82, 2.24) is 20.6 Å². The molecule has 0 aliphatic carbocycles. The second-order valence-electron chi connectivity index (χ2n) is 7.96. The molecular formula is C25H27N5O6S. The average Bonchev–Trinajstić information content (AvgIpc) is 3.32.